The van der Waals surface area contributed by atoms with Crippen molar-refractivity contribution >= 4 is 21.7 Å². The molecule has 0 heterocycles. The average Bonchev–Trinajstić information content (AvgIpc) is 2.53. The molecule has 0 radical (unpaired) electrons. The highest BCUT2D eigenvalue weighted by Crippen LogP contribution is 2.24. The van der Waals surface area contributed by atoms with E-state index in [1.165, 1.54) is 28.6 Å². The van der Waals surface area contributed by atoms with E-state index in [2.05, 4.69) is 0 Å². The summed E-state index contributed by atoms with van der Waals surface area (Å²) in [7, 11) is -3.72. The van der Waals surface area contributed by atoms with Gasteiger partial charge in [-0.2, -0.15) is 0 Å². The zero-order chi connectivity index (χ0) is 16.2. The molecule has 2 rings (SSSR count). The minimum atomic E-state index is -3.72. The number of nitrogens with zero attached hydrogens (tertiary/aromatic N) is 1. The molecule has 0 aliphatic heterocycles. The number of benzene rings is 2. The lowest BCUT2D eigenvalue weighted by Crippen LogP contribution is -2.31. The number of carbonyl (C=O) groups is 1. The fourth-order valence-electron chi connectivity index (χ4n) is 2.08. The minimum Gasteiger partial charge on any atom is -0.478 e. The topological polar surface area (TPSA) is 74.7 Å². The third-order valence-corrected chi connectivity index (χ3v) is 5.00. The number of hydrogen-bond acceptors (Lipinski definition) is 3. The van der Waals surface area contributed by atoms with E-state index in [0.29, 0.717) is 18.7 Å². The zero-order valence-electron chi connectivity index (χ0n) is 12.1. The molecule has 0 fully saturated rings. The van der Waals surface area contributed by atoms with Gasteiger partial charge in [0.15, 0.2) is 0 Å². The number of para-hydroxylation sites is 1. The molecule has 0 spiro atoms. The number of aromatic carboxylic acids is 1. The number of sulfonamides is 1. The Labute approximate surface area is 129 Å². The van der Waals surface area contributed by atoms with Crippen molar-refractivity contribution in [2.45, 2.75) is 18.2 Å². The molecule has 0 saturated heterocycles. The van der Waals surface area contributed by atoms with Crippen molar-refractivity contribution in [3.63, 3.8) is 0 Å². The van der Waals surface area contributed by atoms with Crippen LogP contribution >= 0.6 is 0 Å². The number of rotatable bonds is 6. The summed E-state index contributed by atoms with van der Waals surface area (Å²) in [5, 5.41) is 8.89. The standard InChI is InChI=1S/C16H17NO4S/c1-2-12-17(14-6-4-3-5-7-14)22(20,21)15-10-8-13(9-11-15)16(18)19/h3-11H,2,12H2,1H3,(H,18,19). The summed E-state index contributed by atoms with van der Waals surface area (Å²) >= 11 is 0. The van der Waals surface area contributed by atoms with Crippen LogP contribution in [0.3, 0.4) is 0 Å². The fourth-order valence-corrected chi connectivity index (χ4v) is 3.64. The molecule has 0 aliphatic carbocycles. The second kappa shape index (κ2) is 6.62. The quantitative estimate of drug-likeness (QED) is 0.888. The fraction of sp³-hybridized carbons (Fsp3) is 0.188. The minimum absolute atomic E-state index is 0.0562. The summed E-state index contributed by atoms with van der Waals surface area (Å²) in [6.07, 6.45) is 0.668. The van der Waals surface area contributed by atoms with Gasteiger partial charge in [-0.3, -0.25) is 4.31 Å². The summed E-state index contributed by atoms with van der Waals surface area (Å²) in [4.78, 5) is 10.9. The molecule has 1 N–H and O–H groups in total. The molecule has 0 aromatic heterocycles. The largest absolute Gasteiger partial charge is 0.478 e. The number of carboxylic acids is 1. The number of hydrogen-bond donors (Lipinski definition) is 1. The molecule has 0 saturated carbocycles. The van der Waals surface area contributed by atoms with Crippen molar-refractivity contribution in [2.75, 3.05) is 10.8 Å². The van der Waals surface area contributed by atoms with Crippen molar-refractivity contribution < 1.29 is 18.3 Å². The van der Waals surface area contributed by atoms with Crippen molar-refractivity contribution in [1.82, 2.24) is 0 Å². The molecule has 0 atom stereocenters. The third kappa shape index (κ3) is 3.28. The first-order valence-corrected chi connectivity index (χ1v) is 8.32. The smallest absolute Gasteiger partial charge is 0.335 e. The van der Waals surface area contributed by atoms with Gasteiger partial charge in [0.1, 0.15) is 0 Å². The van der Waals surface area contributed by atoms with Gasteiger partial charge in [0, 0.05) is 6.54 Å². The van der Waals surface area contributed by atoms with Gasteiger partial charge in [-0.25, -0.2) is 13.2 Å². The highest BCUT2D eigenvalue weighted by molar-refractivity contribution is 7.92. The third-order valence-electron chi connectivity index (χ3n) is 3.16. The van der Waals surface area contributed by atoms with Crippen LogP contribution in [-0.4, -0.2) is 26.0 Å². The molecular weight excluding hydrogens is 302 g/mol. The van der Waals surface area contributed by atoms with Crippen LogP contribution in [0.25, 0.3) is 0 Å². The van der Waals surface area contributed by atoms with E-state index in [4.69, 9.17) is 5.11 Å². The number of anilines is 1. The Morgan fingerprint density at radius 1 is 1.05 bits per heavy atom. The van der Waals surface area contributed by atoms with Gasteiger partial charge in [-0.05, 0) is 42.8 Å². The molecule has 2 aromatic carbocycles. The van der Waals surface area contributed by atoms with Crippen LogP contribution in [-0.2, 0) is 10.0 Å². The van der Waals surface area contributed by atoms with E-state index in [9.17, 15) is 13.2 Å². The summed E-state index contributed by atoms with van der Waals surface area (Å²) in [6.45, 7) is 2.26. The molecule has 5 nitrogen and oxygen atoms in total. The van der Waals surface area contributed by atoms with Gasteiger partial charge >= 0.3 is 5.97 Å². The Balaban J connectivity index is 2.43. The molecule has 2 aromatic rings. The first-order chi connectivity index (χ1) is 10.5. The van der Waals surface area contributed by atoms with E-state index in [0.717, 1.165) is 0 Å². The summed E-state index contributed by atoms with van der Waals surface area (Å²) in [5.74, 6) is -1.09. The van der Waals surface area contributed by atoms with E-state index in [1.54, 1.807) is 24.3 Å². The average molecular weight is 319 g/mol. The van der Waals surface area contributed by atoms with Crippen LogP contribution < -0.4 is 4.31 Å². The molecule has 0 aliphatic rings. The molecule has 22 heavy (non-hydrogen) atoms. The van der Waals surface area contributed by atoms with Crippen molar-refractivity contribution in [2.24, 2.45) is 0 Å². The van der Waals surface area contributed by atoms with Gasteiger partial charge in [-0.15, -0.1) is 0 Å². The molecule has 116 valence electrons. The molecular formula is C16H17NO4S. The maximum atomic E-state index is 12.8. The maximum absolute atomic E-state index is 12.8. The summed E-state index contributed by atoms with van der Waals surface area (Å²) in [6, 6.07) is 14.1. The second-order valence-electron chi connectivity index (χ2n) is 4.74. The first-order valence-electron chi connectivity index (χ1n) is 6.88. The predicted octanol–water partition coefficient (Wildman–Crippen LogP) is 2.99. The van der Waals surface area contributed by atoms with Gasteiger partial charge in [0.2, 0.25) is 0 Å². The lowest BCUT2D eigenvalue weighted by atomic mass is 10.2. The van der Waals surface area contributed by atoms with Crippen LogP contribution in [0.2, 0.25) is 0 Å². The van der Waals surface area contributed by atoms with Crippen LogP contribution in [0.4, 0.5) is 5.69 Å². The van der Waals surface area contributed by atoms with Crippen LogP contribution in [0.15, 0.2) is 59.5 Å². The Bertz CT molecular complexity index is 739. The van der Waals surface area contributed by atoms with Gasteiger partial charge in [0.25, 0.3) is 10.0 Å². The van der Waals surface area contributed by atoms with E-state index in [-0.39, 0.29) is 10.5 Å². The van der Waals surface area contributed by atoms with Crippen LogP contribution in [0.5, 0.6) is 0 Å². The molecule has 6 heteroatoms. The van der Waals surface area contributed by atoms with E-state index >= 15 is 0 Å². The Kier molecular flexibility index (Phi) is 4.82. The zero-order valence-corrected chi connectivity index (χ0v) is 13.0. The highest BCUT2D eigenvalue weighted by atomic mass is 32.2. The normalized spacial score (nSPS) is 11.1. The van der Waals surface area contributed by atoms with Crippen molar-refractivity contribution in [1.29, 1.82) is 0 Å². The van der Waals surface area contributed by atoms with Crippen LogP contribution in [0.1, 0.15) is 23.7 Å². The summed E-state index contributed by atoms with van der Waals surface area (Å²) in [5.41, 5.74) is 0.646. The lowest BCUT2D eigenvalue weighted by molar-refractivity contribution is 0.0696. The Morgan fingerprint density at radius 2 is 1.64 bits per heavy atom. The molecule has 0 unspecified atom stereocenters. The van der Waals surface area contributed by atoms with E-state index < -0.39 is 16.0 Å². The second-order valence-corrected chi connectivity index (χ2v) is 6.60. The van der Waals surface area contributed by atoms with Gasteiger partial charge in [-0.1, -0.05) is 25.1 Å². The highest BCUT2D eigenvalue weighted by Gasteiger charge is 2.24. The van der Waals surface area contributed by atoms with Crippen molar-refractivity contribution in [3.05, 3.63) is 60.2 Å². The SMILES string of the molecule is CCCN(c1ccccc1)S(=O)(=O)c1ccc(C(=O)O)cc1. The molecule has 0 amide bonds. The summed E-state index contributed by atoms with van der Waals surface area (Å²) < 4.78 is 26.9. The number of carboxylic acid groups (broad SMARTS) is 1. The molecule has 0 bridgehead atoms. The Morgan fingerprint density at radius 3 is 2.14 bits per heavy atom. The Hall–Kier alpha value is -2.34. The van der Waals surface area contributed by atoms with Gasteiger partial charge in [0.05, 0.1) is 16.1 Å². The van der Waals surface area contributed by atoms with Crippen LogP contribution in [0, 0.1) is 0 Å². The van der Waals surface area contributed by atoms with E-state index in [1.807, 2.05) is 13.0 Å². The predicted molar refractivity (Wildman–Crippen MR) is 84.7 cm³/mol. The maximum Gasteiger partial charge on any atom is 0.335 e. The lowest BCUT2D eigenvalue weighted by Gasteiger charge is -2.24. The van der Waals surface area contributed by atoms with Gasteiger partial charge < -0.3 is 5.11 Å². The van der Waals surface area contributed by atoms with Crippen molar-refractivity contribution in [3.8, 4) is 0 Å². The first kappa shape index (κ1) is 16.0. The monoisotopic (exact) mass is 319 g/mol.